The molecule has 1 rings (SSSR count). The molecule has 0 aromatic heterocycles. The molecule has 0 heterocycles. The van der Waals surface area contributed by atoms with Gasteiger partial charge in [0.25, 0.3) is 0 Å². The number of rotatable bonds is 7. The summed E-state index contributed by atoms with van der Waals surface area (Å²) in [6.07, 6.45) is 6.95. The number of hydrogen-bond acceptors (Lipinski definition) is 2. The molecule has 17 heavy (non-hydrogen) atoms. The average molecular weight is 240 g/mol. The molecule has 2 nitrogen and oxygen atoms in total. The molecule has 1 aliphatic rings. The molecule has 0 aliphatic heterocycles. The Morgan fingerprint density at radius 2 is 1.94 bits per heavy atom. The molecule has 0 bridgehead atoms. The van der Waals surface area contributed by atoms with Crippen molar-refractivity contribution in [1.29, 1.82) is 0 Å². The van der Waals surface area contributed by atoms with E-state index in [-0.39, 0.29) is 0 Å². The molecule has 1 aliphatic carbocycles. The molecular formula is C15H32N2. The van der Waals surface area contributed by atoms with Crippen LogP contribution in [0.3, 0.4) is 0 Å². The van der Waals surface area contributed by atoms with Gasteiger partial charge in [-0.25, -0.2) is 0 Å². The molecule has 0 radical (unpaired) electrons. The second-order valence-electron chi connectivity index (χ2n) is 5.81. The largest absolute Gasteiger partial charge is 0.317 e. The van der Waals surface area contributed by atoms with Crippen LogP contribution in [-0.2, 0) is 0 Å². The predicted molar refractivity (Wildman–Crippen MR) is 76.4 cm³/mol. The Hall–Kier alpha value is -0.0800. The highest BCUT2D eigenvalue weighted by atomic mass is 15.1. The van der Waals surface area contributed by atoms with Crippen LogP contribution in [0.4, 0.5) is 0 Å². The van der Waals surface area contributed by atoms with Crippen molar-refractivity contribution in [2.75, 3.05) is 26.7 Å². The third kappa shape index (κ3) is 4.97. The predicted octanol–water partition coefficient (Wildman–Crippen LogP) is 3.13. The Bertz CT molecular complexity index is 193. The smallest absolute Gasteiger partial charge is 0.0104 e. The molecular weight excluding hydrogens is 208 g/mol. The van der Waals surface area contributed by atoms with Crippen LogP contribution in [0.2, 0.25) is 0 Å². The molecule has 102 valence electrons. The third-order valence-corrected chi connectivity index (χ3v) is 4.49. The molecule has 2 heteroatoms. The zero-order chi connectivity index (χ0) is 12.7. The molecule has 0 aromatic rings. The molecule has 1 saturated carbocycles. The molecule has 0 saturated heterocycles. The SMILES string of the molecule is CCC(C)CN(CC)CC1CCCCC1NC. The first-order chi connectivity index (χ1) is 8.21. The van der Waals surface area contributed by atoms with Gasteiger partial charge in [-0.05, 0) is 38.3 Å². The van der Waals surface area contributed by atoms with Crippen molar-refractivity contribution in [3.8, 4) is 0 Å². The highest BCUT2D eigenvalue weighted by Crippen LogP contribution is 2.25. The van der Waals surface area contributed by atoms with E-state index in [1.54, 1.807) is 0 Å². The summed E-state index contributed by atoms with van der Waals surface area (Å²) in [4.78, 5) is 2.66. The fourth-order valence-corrected chi connectivity index (χ4v) is 3.04. The molecule has 3 unspecified atom stereocenters. The zero-order valence-electron chi connectivity index (χ0n) is 12.3. The topological polar surface area (TPSA) is 15.3 Å². The van der Waals surface area contributed by atoms with Gasteiger partial charge in [0.2, 0.25) is 0 Å². The van der Waals surface area contributed by atoms with Gasteiger partial charge in [-0.3, -0.25) is 0 Å². The maximum Gasteiger partial charge on any atom is 0.0104 e. The van der Waals surface area contributed by atoms with E-state index in [1.807, 2.05) is 0 Å². The van der Waals surface area contributed by atoms with Gasteiger partial charge in [0.15, 0.2) is 0 Å². The highest BCUT2D eigenvalue weighted by molar-refractivity contribution is 4.82. The Kier molecular flexibility index (Phi) is 7.14. The minimum absolute atomic E-state index is 0.759. The summed E-state index contributed by atoms with van der Waals surface area (Å²) in [5.41, 5.74) is 0. The lowest BCUT2D eigenvalue weighted by Crippen LogP contribution is -2.43. The van der Waals surface area contributed by atoms with Gasteiger partial charge in [-0.1, -0.05) is 40.0 Å². The van der Waals surface area contributed by atoms with Crippen LogP contribution < -0.4 is 5.32 Å². The standard InChI is InChI=1S/C15H32N2/c1-5-13(3)11-17(6-2)12-14-9-7-8-10-15(14)16-4/h13-16H,5-12H2,1-4H3. The molecule has 0 aromatic carbocycles. The minimum Gasteiger partial charge on any atom is -0.317 e. The van der Waals surface area contributed by atoms with Crippen molar-refractivity contribution in [3.63, 3.8) is 0 Å². The zero-order valence-corrected chi connectivity index (χ0v) is 12.3. The van der Waals surface area contributed by atoms with Gasteiger partial charge < -0.3 is 10.2 Å². The Labute approximate surface area is 108 Å². The van der Waals surface area contributed by atoms with Crippen molar-refractivity contribution in [3.05, 3.63) is 0 Å². The lowest BCUT2D eigenvalue weighted by Gasteiger charge is -2.36. The normalized spacial score (nSPS) is 27.4. The molecule has 0 spiro atoms. The Balaban J connectivity index is 2.42. The van der Waals surface area contributed by atoms with Crippen LogP contribution in [0.25, 0.3) is 0 Å². The maximum atomic E-state index is 3.52. The van der Waals surface area contributed by atoms with Crippen LogP contribution in [0.1, 0.15) is 52.9 Å². The lowest BCUT2D eigenvalue weighted by atomic mass is 9.84. The molecule has 1 N–H and O–H groups in total. The van der Waals surface area contributed by atoms with Gasteiger partial charge in [-0.2, -0.15) is 0 Å². The van der Waals surface area contributed by atoms with Crippen molar-refractivity contribution < 1.29 is 0 Å². The van der Waals surface area contributed by atoms with Gasteiger partial charge in [0.05, 0.1) is 0 Å². The van der Waals surface area contributed by atoms with E-state index in [0.29, 0.717) is 0 Å². The monoisotopic (exact) mass is 240 g/mol. The fraction of sp³-hybridized carbons (Fsp3) is 1.00. The number of nitrogens with one attached hydrogen (secondary N) is 1. The summed E-state index contributed by atoms with van der Waals surface area (Å²) in [5, 5.41) is 3.52. The summed E-state index contributed by atoms with van der Waals surface area (Å²) in [6, 6.07) is 0.759. The Morgan fingerprint density at radius 1 is 1.24 bits per heavy atom. The lowest BCUT2D eigenvalue weighted by molar-refractivity contribution is 0.161. The first-order valence-electron chi connectivity index (χ1n) is 7.60. The highest BCUT2D eigenvalue weighted by Gasteiger charge is 2.25. The first-order valence-corrected chi connectivity index (χ1v) is 7.60. The van der Waals surface area contributed by atoms with Crippen molar-refractivity contribution >= 4 is 0 Å². The van der Waals surface area contributed by atoms with Crippen LogP contribution in [-0.4, -0.2) is 37.6 Å². The van der Waals surface area contributed by atoms with Crippen molar-refractivity contribution in [1.82, 2.24) is 10.2 Å². The fourth-order valence-electron chi connectivity index (χ4n) is 3.04. The molecule has 3 atom stereocenters. The van der Waals surface area contributed by atoms with Gasteiger partial charge in [0.1, 0.15) is 0 Å². The van der Waals surface area contributed by atoms with Crippen LogP contribution in [0.5, 0.6) is 0 Å². The third-order valence-electron chi connectivity index (χ3n) is 4.49. The van der Waals surface area contributed by atoms with E-state index in [4.69, 9.17) is 0 Å². The number of hydrogen-bond donors (Lipinski definition) is 1. The van der Waals surface area contributed by atoms with E-state index in [2.05, 4.69) is 38.0 Å². The molecule has 1 fully saturated rings. The van der Waals surface area contributed by atoms with Gasteiger partial charge >= 0.3 is 0 Å². The number of nitrogens with zero attached hydrogens (tertiary/aromatic N) is 1. The van der Waals surface area contributed by atoms with Crippen molar-refractivity contribution in [2.24, 2.45) is 11.8 Å². The second-order valence-corrected chi connectivity index (χ2v) is 5.81. The first kappa shape index (κ1) is 15.0. The minimum atomic E-state index is 0.759. The summed E-state index contributed by atoms with van der Waals surface area (Å²) >= 11 is 0. The summed E-state index contributed by atoms with van der Waals surface area (Å²) in [7, 11) is 2.13. The second kappa shape index (κ2) is 8.10. The van der Waals surface area contributed by atoms with E-state index in [0.717, 1.165) is 17.9 Å². The summed E-state index contributed by atoms with van der Waals surface area (Å²) in [5.74, 6) is 1.71. The molecule has 0 amide bonds. The quantitative estimate of drug-likeness (QED) is 0.735. The van der Waals surface area contributed by atoms with Gasteiger partial charge in [-0.15, -0.1) is 0 Å². The van der Waals surface area contributed by atoms with E-state index >= 15 is 0 Å². The summed E-state index contributed by atoms with van der Waals surface area (Å²) < 4.78 is 0. The van der Waals surface area contributed by atoms with E-state index in [9.17, 15) is 0 Å². The van der Waals surface area contributed by atoms with Crippen molar-refractivity contribution in [2.45, 2.75) is 58.9 Å². The van der Waals surface area contributed by atoms with Crippen LogP contribution >= 0.6 is 0 Å². The van der Waals surface area contributed by atoms with E-state index in [1.165, 1.54) is 51.7 Å². The Morgan fingerprint density at radius 3 is 2.53 bits per heavy atom. The van der Waals surface area contributed by atoms with Gasteiger partial charge in [0, 0.05) is 19.1 Å². The average Bonchev–Trinajstić information content (AvgIpc) is 2.38. The van der Waals surface area contributed by atoms with E-state index < -0.39 is 0 Å². The maximum absolute atomic E-state index is 3.52. The summed E-state index contributed by atoms with van der Waals surface area (Å²) in [6.45, 7) is 10.8. The van der Waals surface area contributed by atoms with Crippen LogP contribution in [0, 0.1) is 11.8 Å². The van der Waals surface area contributed by atoms with Crippen LogP contribution in [0.15, 0.2) is 0 Å².